The molecule has 6 nitrogen and oxygen atoms in total. The number of rotatable bonds is 5. The van der Waals surface area contributed by atoms with Crippen LogP contribution in [0.3, 0.4) is 0 Å². The maximum Gasteiger partial charge on any atom is 0.329 e. The predicted octanol–water partition coefficient (Wildman–Crippen LogP) is 1.40. The van der Waals surface area contributed by atoms with Crippen LogP contribution in [0.4, 0.5) is 0 Å². The maximum atomic E-state index is 11.6. The molecule has 1 unspecified atom stereocenters. The first-order valence-corrected chi connectivity index (χ1v) is 7.28. The molecule has 0 aliphatic carbocycles. The zero-order valence-electron chi connectivity index (χ0n) is 11.7. The van der Waals surface area contributed by atoms with Gasteiger partial charge in [-0.3, -0.25) is 4.79 Å². The summed E-state index contributed by atoms with van der Waals surface area (Å²) in [7, 11) is 1.29. The van der Waals surface area contributed by atoms with Gasteiger partial charge in [0.2, 0.25) is 5.91 Å². The first-order valence-electron chi connectivity index (χ1n) is 6.29. The quantitative estimate of drug-likeness (QED) is 0.511. The molecule has 0 saturated carbocycles. The van der Waals surface area contributed by atoms with Crippen LogP contribution in [0.2, 0.25) is 0 Å². The Hall–Kier alpha value is -2.15. The molecule has 0 radical (unpaired) electrons. The third kappa shape index (κ3) is 3.91. The Morgan fingerprint density at radius 2 is 2.10 bits per heavy atom. The highest BCUT2D eigenvalue weighted by Crippen LogP contribution is 2.24. The Balaban J connectivity index is 2.15. The van der Waals surface area contributed by atoms with E-state index in [0.717, 1.165) is 15.9 Å². The molecule has 1 atom stereocenters. The van der Waals surface area contributed by atoms with Crippen molar-refractivity contribution in [3.8, 4) is 0 Å². The molecule has 1 N–H and O–H groups in total. The first kappa shape index (κ1) is 15.2. The summed E-state index contributed by atoms with van der Waals surface area (Å²) in [6, 6.07) is 6.92. The third-order valence-corrected chi connectivity index (χ3v) is 3.85. The van der Waals surface area contributed by atoms with E-state index < -0.39 is 12.0 Å². The van der Waals surface area contributed by atoms with Gasteiger partial charge in [0.15, 0.2) is 0 Å². The lowest BCUT2D eigenvalue weighted by molar-refractivity contribution is -0.144. The van der Waals surface area contributed by atoms with Crippen LogP contribution in [0, 0.1) is 0 Å². The Labute approximate surface area is 126 Å². The molecule has 0 bridgehead atoms. The number of hydrogen-bond donors (Lipinski definition) is 1. The van der Waals surface area contributed by atoms with E-state index in [1.807, 2.05) is 24.3 Å². The summed E-state index contributed by atoms with van der Waals surface area (Å²) >= 11 is 1.38. The molecule has 0 saturated heterocycles. The molecule has 0 aliphatic heterocycles. The van der Waals surface area contributed by atoms with Crippen molar-refractivity contribution in [2.45, 2.75) is 18.0 Å². The standard InChI is InChI=1S/C14H15N3O3S/c1-9(18)17-12(14(19)20-2)7-21-13-10-5-3-4-6-11(10)15-8-16-13/h3-6,8,12H,7H2,1-2H3,(H,17,18). The van der Waals surface area contributed by atoms with Gasteiger partial charge in [-0.15, -0.1) is 11.8 Å². The number of nitrogens with zero attached hydrogens (tertiary/aromatic N) is 2. The van der Waals surface area contributed by atoms with E-state index in [-0.39, 0.29) is 5.91 Å². The molecule has 110 valence electrons. The summed E-state index contributed by atoms with van der Waals surface area (Å²) in [5.41, 5.74) is 0.837. The van der Waals surface area contributed by atoms with Crippen molar-refractivity contribution in [1.29, 1.82) is 0 Å². The predicted molar refractivity (Wildman–Crippen MR) is 79.9 cm³/mol. The number of hydrogen-bond acceptors (Lipinski definition) is 6. The van der Waals surface area contributed by atoms with Crippen LogP contribution in [0.1, 0.15) is 6.92 Å². The van der Waals surface area contributed by atoms with Crippen LogP contribution < -0.4 is 5.32 Å². The fourth-order valence-corrected chi connectivity index (χ4v) is 2.81. The Morgan fingerprint density at radius 1 is 1.33 bits per heavy atom. The number of fused-ring (bicyclic) bond motifs is 1. The number of nitrogens with one attached hydrogen (secondary N) is 1. The molecule has 1 aromatic carbocycles. The van der Waals surface area contributed by atoms with Crippen LogP contribution in [0.15, 0.2) is 35.6 Å². The smallest absolute Gasteiger partial charge is 0.329 e. The molecule has 0 fully saturated rings. The van der Waals surface area contributed by atoms with Gasteiger partial charge in [-0.05, 0) is 6.07 Å². The summed E-state index contributed by atoms with van der Waals surface area (Å²) in [5.74, 6) is -0.414. The number of amides is 1. The fourth-order valence-electron chi connectivity index (χ4n) is 1.81. The summed E-state index contributed by atoms with van der Waals surface area (Å²) < 4.78 is 4.69. The summed E-state index contributed by atoms with van der Waals surface area (Å²) in [5, 5.41) is 4.25. The molecule has 21 heavy (non-hydrogen) atoms. The number of aromatic nitrogens is 2. The average molecular weight is 305 g/mol. The minimum absolute atomic E-state index is 0.279. The van der Waals surface area contributed by atoms with Crippen molar-refractivity contribution in [2.75, 3.05) is 12.9 Å². The van der Waals surface area contributed by atoms with Crippen LogP contribution in [0.25, 0.3) is 10.9 Å². The molecule has 0 spiro atoms. The number of carbonyl (C=O) groups is 2. The zero-order chi connectivity index (χ0) is 15.2. The van der Waals surface area contributed by atoms with Crippen molar-refractivity contribution < 1.29 is 14.3 Å². The number of carbonyl (C=O) groups excluding carboxylic acids is 2. The second-order valence-corrected chi connectivity index (χ2v) is 5.29. The van der Waals surface area contributed by atoms with E-state index in [9.17, 15) is 9.59 Å². The Kier molecular flexibility index (Phi) is 5.10. The minimum Gasteiger partial charge on any atom is -0.467 e. The van der Waals surface area contributed by atoms with E-state index in [4.69, 9.17) is 0 Å². The molecule has 2 rings (SSSR count). The second kappa shape index (κ2) is 7.03. The number of esters is 1. The van der Waals surface area contributed by atoms with Crippen LogP contribution in [-0.2, 0) is 14.3 Å². The monoisotopic (exact) mass is 305 g/mol. The zero-order valence-corrected chi connectivity index (χ0v) is 12.5. The van der Waals surface area contributed by atoms with E-state index >= 15 is 0 Å². The SMILES string of the molecule is COC(=O)C(CSc1ncnc2ccccc12)NC(C)=O. The largest absolute Gasteiger partial charge is 0.467 e. The number of ether oxygens (including phenoxy) is 1. The number of para-hydroxylation sites is 1. The third-order valence-electron chi connectivity index (χ3n) is 2.76. The topological polar surface area (TPSA) is 81.2 Å². The normalized spacial score (nSPS) is 11.9. The lowest BCUT2D eigenvalue weighted by Crippen LogP contribution is -2.42. The Morgan fingerprint density at radius 3 is 2.81 bits per heavy atom. The van der Waals surface area contributed by atoms with Crippen molar-refractivity contribution in [3.05, 3.63) is 30.6 Å². The van der Waals surface area contributed by atoms with E-state index in [1.165, 1.54) is 32.1 Å². The van der Waals surface area contributed by atoms with Gasteiger partial charge in [-0.1, -0.05) is 18.2 Å². The molecule has 2 aromatic rings. The van der Waals surface area contributed by atoms with Gasteiger partial charge < -0.3 is 10.1 Å². The molecular formula is C14H15N3O3S. The molecular weight excluding hydrogens is 290 g/mol. The van der Waals surface area contributed by atoms with E-state index in [0.29, 0.717) is 5.75 Å². The van der Waals surface area contributed by atoms with Crippen LogP contribution in [-0.4, -0.2) is 40.7 Å². The van der Waals surface area contributed by atoms with Gasteiger partial charge in [-0.2, -0.15) is 0 Å². The van der Waals surface area contributed by atoms with Crippen molar-refractivity contribution in [1.82, 2.24) is 15.3 Å². The molecule has 1 amide bonds. The summed E-state index contributed by atoms with van der Waals surface area (Å²) in [4.78, 5) is 31.2. The van der Waals surface area contributed by atoms with Crippen molar-refractivity contribution in [3.63, 3.8) is 0 Å². The number of methoxy groups -OCH3 is 1. The van der Waals surface area contributed by atoms with Crippen LogP contribution in [0.5, 0.6) is 0 Å². The number of thioether (sulfide) groups is 1. The lowest BCUT2D eigenvalue weighted by Gasteiger charge is -2.15. The van der Waals surface area contributed by atoms with Crippen molar-refractivity contribution in [2.24, 2.45) is 0 Å². The van der Waals surface area contributed by atoms with Gasteiger partial charge in [-0.25, -0.2) is 14.8 Å². The molecule has 7 heteroatoms. The van der Waals surface area contributed by atoms with Gasteiger partial charge in [0, 0.05) is 18.1 Å². The molecule has 1 aromatic heterocycles. The van der Waals surface area contributed by atoms with Gasteiger partial charge >= 0.3 is 5.97 Å². The highest BCUT2D eigenvalue weighted by atomic mass is 32.2. The van der Waals surface area contributed by atoms with E-state index in [2.05, 4.69) is 20.0 Å². The van der Waals surface area contributed by atoms with E-state index in [1.54, 1.807) is 0 Å². The van der Waals surface area contributed by atoms with Crippen molar-refractivity contribution >= 4 is 34.5 Å². The lowest BCUT2D eigenvalue weighted by atomic mass is 10.2. The first-order chi connectivity index (χ1) is 10.1. The average Bonchev–Trinajstić information content (AvgIpc) is 2.50. The summed E-state index contributed by atoms with van der Waals surface area (Å²) in [6.45, 7) is 1.36. The molecule has 1 heterocycles. The highest BCUT2D eigenvalue weighted by molar-refractivity contribution is 7.99. The summed E-state index contributed by atoms with van der Waals surface area (Å²) in [6.07, 6.45) is 1.48. The minimum atomic E-state index is -0.703. The highest BCUT2D eigenvalue weighted by Gasteiger charge is 2.21. The van der Waals surface area contributed by atoms with Gasteiger partial charge in [0.05, 0.1) is 12.6 Å². The van der Waals surface area contributed by atoms with Crippen LogP contribution >= 0.6 is 11.8 Å². The van der Waals surface area contributed by atoms with Gasteiger partial charge in [0.1, 0.15) is 17.4 Å². The number of benzene rings is 1. The Bertz CT molecular complexity index is 657. The fraction of sp³-hybridized carbons (Fsp3) is 0.286. The second-order valence-electron chi connectivity index (χ2n) is 4.28. The maximum absolute atomic E-state index is 11.6. The van der Waals surface area contributed by atoms with Gasteiger partial charge in [0.25, 0.3) is 0 Å². The molecule has 0 aliphatic rings.